The minimum absolute atomic E-state index is 0.606. The van der Waals surface area contributed by atoms with Gasteiger partial charge < -0.3 is 15.5 Å². The predicted molar refractivity (Wildman–Crippen MR) is 79.5 cm³/mol. The Morgan fingerprint density at radius 1 is 1.15 bits per heavy atom. The molecule has 0 amide bonds. The Kier molecular flexibility index (Phi) is 4.73. The molecule has 0 unspecified atom stereocenters. The highest BCUT2D eigenvalue weighted by Crippen LogP contribution is 2.14. The fourth-order valence-corrected chi connectivity index (χ4v) is 1.76. The second kappa shape index (κ2) is 6.72. The number of hydrazine groups is 1. The van der Waals surface area contributed by atoms with Crippen LogP contribution in [0.15, 0.2) is 30.3 Å². The van der Waals surface area contributed by atoms with Gasteiger partial charge in [-0.3, -0.25) is 0 Å². The van der Waals surface area contributed by atoms with Gasteiger partial charge in [0, 0.05) is 19.0 Å². The highest BCUT2D eigenvalue weighted by atomic mass is 16.5. The molecule has 0 spiro atoms. The lowest BCUT2D eigenvalue weighted by atomic mass is 10.2. The van der Waals surface area contributed by atoms with Gasteiger partial charge in [-0.1, -0.05) is 19.1 Å². The third-order valence-corrected chi connectivity index (χ3v) is 2.87. The number of hydrogen-bond acceptors (Lipinski definition) is 6. The molecular formula is C14H19N5O. The molecular weight excluding hydrogens is 254 g/mol. The average molecular weight is 273 g/mol. The van der Waals surface area contributed by atoms with E-state index < -0.39 is 0 Å². The van der Waals surface area contributed by atoms with Crippen LogP contribution >= 0.6 is 0 Å². The number of benzene rings is 1. The second-order valence-electron chi connectivity index (χ2n) is 4.25. The maximum absolute atomic E-state index is 5.40. The molecule has 0 saturated heterocycles. The van der Waals surface area contributed by atoms with Crippen molar-refractivity contribution in [3.05, 3.63) is 41.7 Å². The summed E-state index contributed by atoms with van der Waals surface area (Å²) in [5.41, 5.74) is 3.69. The Balaban J connectivity index is 2.05. The number of ether oxygens (including phenoxy) is 1. The molecule has 0 saturated carbocycles. The van der Waals surface area contributed by atoms with E-state index in [0.717, 1.165) is 29.4 Å². The molecule has 1 aromatic carbocycles. The maximum atomic E-state index is 5.40. The highest BCUT2D eigenvalue weighted by Gasteiger charge is 2.02. The van der Waals surface area contributed by atoms with Crippen LogP contribution in [0.5, 0.6) is 5.75 Å². The van der Waals surface area contributed by atoms with Crippen LogP contribution in [0.2, 0.25) is 0 Å². The number of hydrogen-bond donors (Lipinski definition) is 3. The summed E-state index contributed by atoms with van der Waals surface area (Å²) in [7, 11) is 1.65. The molecule has 106 valence electrons. The largest absolute Gasteiger partial charge is 0.497 e. The quantitative estimate of drug-likeness (QED) is 0.551. The number of rotatable bonds is 6. The van der Waals surface area contributed by atoms with Crippen molar-refractivity contribution >= 4 is 11.6 Å². The Hall–Kier alpha value is -2.34. The molecule has 4 N–H and O–H groups in total. The van der Waals surface area contributed by atoms with Gasteiger partial charge in [-0.2, -0.15) is 0 Å². The zero-order valence-electron chi connectivity index (χ0n) is 11.7. The van der Waals surface area contributed by atoms with E-state index in [-0.39, 0.29) is 0 Å². The molecule has 0 atom stereocenters. The van der Waals surface area contributed by atoms with Crippen molar-refractivity contribution in [2.45, 2.75) is 19.9 Å². The summed E-state index contributed by atoms with van der Waals surface area (Å²) in [5.74, 6) is 8.35. The Morgan fingerprint density at radius 2 is 1.85 bits per heavy atom. The number of nitrogens with two attached hydrogens (primary N) is 1. The predicted octanol–water partition coefficient (Wildman–Crippen LogP) is 1.95. The summed E-state index contributed by atoms with van der Waals surface area (Å²) in [4.78, 5) is 8.65. The van der Waals surface area contributed by atoms with E-state index >= 15 is 0 Å². The summed E-state index contributed by atoms with van der Waals surface area (Å²) in [6, 6.07) is 9.66. The number of methoxy groups -OCH3 is 1. The van der Waals surface area contributed by atoms with Crippen molar-refractivity contribution in [1.82, 2.24) is 9.97 Å². The monoisotopic (exact) mass is 273 g/mol. The molecule has 0 aliphatic carbocycles. The fraction of sp³-hybridized carbons (Fsp3) is 0.286. The minimum Gasteiger partial charge on any atom is -0.497 e. The van der Waals surface area contributed by atoms with Crippen molar-refractivity contribution in [3.8, 4) is 5.75 Å². The normalized spacial score (nSPS) is 10.2. The molecule has 6 heteroatoms. The van der Waals surface area contributed by atoms with E-state index in [0.29, 0.717) is 12.4 Å². The molecule has 0 aliphatic heterocycles. The SMILES string of the molecule is CCc1nc(NN)cc(NCc2ccc(OC)cc2)n1. The van der Waals surface area contributed by atoms with E-state index in [1.165, 1.54) is 0 Å². The molecule has 0 aliphatic rings. The smallest absolute Gasteiger partial charge is 0.145 e. The van der Waals surface area contributed by atoms with Gasteiger partial charge in [-0.25, -0.2) is 15.8 Å². The van der Waals surface area contributed by atoms with Gasteiger partial charge in [0.25, 0.3) is 0 Å². The minimum atomic E-state index is 0.606. The maximum Gasteiger partial charge on any atom is 0.145 e. The first-order valence-corrected chi connectivity index (χ1v) is 6.46. The standard InChI is InChI=1S/C14H19N5O/c1-3-12-17-13(8-14(18-12)19-15)16-9-10-4-6-11(20-2)7-5-10/h4-8H,3,9,15H2,1-2H3,(H2,16,17,18,19). The first kappa shape index (κ1) is 14.1. The van der Waals surface area contributed by atoms with Crippen LogP contribution in [0, 0.1) is 0 Å². The molecule has 20 heavy (non-hydrogen) atoms. The number of nitrogens with one attached hydrogen (secondary N) is 2. The summed E-state index contributed by atoms with van der Waals surface area (Å²) in [6.45, 7) is 2.68. The Bertz CT molecular complexity index is 534. The topological polar surface area (TPSA) is 85.1 Å². The molecule has 2 aromatic rings. The first-order valence-electron chi connectivity index (χ1n) is 6.46. The van der Waals surface area contributed by atoms with E-state index in [1.54, 1.807) is 13.2 Å². The van der Waals surface area contributed by atoms with Crippen molar-refractivity contribution < 1.29 is 4.74 Å². The van der Waals surface area contributed by atoms with E-state index in [9.17, 15) is 0 Å². The summed E-state index contributed by atoms with van der Waals surface area (Å²) in [5, 5.41) is 3.26. The number of aryl methyl sites for hydroxylation is 1. The summed E-state index contributed by atoms with van der Waals surface area (Å²) < 4.78 is 5.13. The third-order valence-electron chi connectivity index (χ3n) is 2.87. The van der Waals surface area contributed by atoms with Crippen LogP contribution in [-0.2, 0) is 13.0 Å². The molecule has 0 radical (unpaired) electrons. The lowest BCUT2D eigenvalue weighted by Gasteiger charge is -2.09. The van der Waals surface area contributed by atoms with Crippen molar-refractivity contribution in [3.63, 3.8) is 0 Å². The van der Waals surface area contributed by atoms with Crippen molar-refractivity contribution in [2.24, 2.45) is 5.84 Å². The van der Waals surface area contributed by atoms with Crippen molar-refractivity contribution in [2.75, 3.05) is 17.9 Å². The Labute approximate surface area is 118 Å². The van der Waals surface area contributed by atoms with Crippen LogP contribution < -0.4 is 21.3 Å². The van der Waals surface area contributed by atoms with Crippen LogP contribution in [-0.4, -0.2) is 17.1 Å². The zero-order chi connectivity index (χ0) is 14.4. The van der Waals surface area contributed by atoms with Gasteiger partial charge in [-0.05, 0) is 17.7 Å². The fourth-order valence-electron chi connectivity index (χ4n) is 1.76. The zero-order valence-corrected chi connectivity index (χ0v) is 11.7. The third kappa shape index (κ3) is 3.58. The molecule has 6 nitrogen and oxygen atoms in total. The summed E-state index contributed by atoms with van der Waals surface area (Å²) >= 11 is 0. The molecule has 1 heterocycles. The number of nitrogens with zero attached hydrogens (tertiary/aromatic N) is 2. The van der Waals surface area contributed by atoms with Gasteiger partial charge in [-0.15, -0.1) is 0 Å². The van der Waals surface area contributed by atoms with Gasteiger partial charge >= 0.3 is 0 Å². The molecule has 2 rings (SSSR count). The summed E-state index contributed by atoms with van der Waals surface area (Å²) in [6.07, 6.45) is 0.757. The van der Waals surface area contributed by atoms with Crippen LogP contribution in [0.3, 0.4) is 0 Å². The first-order chi connectivity index (χ1) is 9.75. The lowest BCUT2D eigenvalue weighted by Crippen LogP contribution is -2.12. The van der Waals surface area contributed by atoms with Crippen LogP contribution in [0.25, 0.3) is 0 Å². The van der Waals surface area contributed by atoms with E-state index in [1.807, 2.05) is 31.2 Å². The second-order valence-corrected chi connectivity index (χ2v) is 4.25. The molecule has 0 fully saturated rings. The average Bonchev–Trinajstić information content (AvgIpc) is 2.53. The van der Waals surface area contributed by atoms with Crippen LogP contribution in [0.4, 0.5) is 11.6 Å². The van der Waals surface area contributed by atoms with Gasteiger partial charge in [0.2, 0.25) is 0 Å². The van der Waals surface area contributed by atoms with Gasteiger partial charge in [0.05, 0.1) is 7.11 Å². The molecule has 1 aromatic heterocycles. The Morgan fingerprint density at radius 3 is 2.45 bits per heavy atom. The molecule has 0 bridgehead atoms. The van der Waals surface area contributed by atoms with Crippen LogP contribution in [0.1, 0.15) is 18.3 Å². The van der Waals surface area contributed by atoms with Gasteiger partial charge in [0.1, 0.15) is 23.2 Å². The number of nitrogen functional groups attached to an aromatic ring is 1. The lowest BCUT2D eigenvalue weighted by molar-refractivity contribution is 0.414. The van der Waals surface area contributed by atoms with E-state index in [2.05, 4.69) is 20.7 Å². The highest BCUT2D eigenvalue weighted by molar-refractivity contribution is 5.47. The van der Waals surface area contributed by atoms with E-state index in [4.69, 9.17) is 10.6 Å². The number of aromatic nitrogens is 2. The number of anilines is 2. The van der Waals surface area contributed by atoms with Crippen molar-refractivity contribution in [1.29, 1.82) is 0 Å². The van der Waals surface area contributed by atoms with Gasteiger partial charge in [0.15, 0.2) is 0 Å².